The number of carboxylic acid groups (broad SMARTS) is 1. The molecule has 0 aromatic carbocycles. The molecular formula is C12H17N3O4. The Labute approximate surface area is 110 Å². The summed E-state index contributed by atoms with van der Waals surface area (Å²) in [5.74, 6) is 0.418. The van der Waals surface area contributed by atoms with Crippen molar-refractivity contribution in [2.75, 3.05) is 13.1 Å². The van der Waals surface area contributed by atoms with Gasteiger partial charge in [0.25, 0.3) is 0 Å². The molecule has 0 spiro atoms. The summed E-state index contributed by atoms with van der Waals surface area (Å²) in [6, 6.07) is 0. The second-order valence-electron chi connectivity index (χ2n) is 4.73. The molecule has 0 radical (unpaired) electrons. The standard InChI is InChI=1S/C12H17N3O4/c1-8-13-12(19-14-8)9-4-6-15(7-5-9)10(16)2-3-11(17)18/h9H,2-7H2,1H3,(H,17,18). The van der Waals surface area contributed by atoms with E-state index < -0.39 is 5.97 Å². The predicted molar refractivity (Wildman–Crippen MR) is 64.5 cm³/mol. The molecule has 0 atom stereocenters. The molecule has 19 heavy (non-hydrogen) atoms. The SMILES string of the molecule is Cc1noc(C2CCN(C(=O)CCC(=O)O)CC2)n1. The molecular weight excluding hydrogens is 250 g/mol. The minimum atomic E-state index is -0.940. The van der Waals surface area contributed by atoms with E-state index in [0.29, 0.717) is 24.8 Å². The first-order valence-corrected chi connectivity index (χ1v) is 6.36. The molecule has 1 saturated heterocycles. The van der Waals surface area contributed by atoms with Crippen LogP contribution in [0.4, 0.5) is 0 Å². The number of aryl methyl sites for hydroxylation is 1. The largest absolute Gasteiger partial charge is 0.481 e. The third-order valence-corrected chi connectivity index (χ3v) is 3.29. The van der Waals surface area contributed by atoms with Crippen LogP contribution in [0, 0.1) is 6.92 Å². The fraction of sp³-hybridized carbons (Fsp3) is 0.667. The smallest absolute Gasteiger partial charge is 0.303 e. The van der Waals surface area contributed by atoms with Gasteiger partial charge in [-0.05, 0) is 19.8 Å². The minimum absolute atomic E-state index is 0.0691. The molecule has 1 fully saturated rings. The Morgan fingerprint density at radius 1 is 1.37 bits per heavy atom. The van der Waals surface area contributed by atoms with E-state index in [2.05, 4.69) is 10.1 Å². The number of hydrogen-bond acceptors (Lipinski definition) is 5. The van der Waals surface area contributed by atoms with Crippen molar-refractivity contribution in [3.05, 3.63) is 11.7 Å². The second kappa shape index (κ2) is 5.81. The maximum Gasteiger partial charge on any atom is 0.303 e. The van der Waals surface area contributed by atoms with Gasteiger partial charge in [-0.1, -0.05) is 5.16 Å². The van der Waals surface area contributed by atoms with Crippen LogP contribution in [0.2, 0.25) is 0 Å². The first-order valence-electron chi connectivity index (χ1n) is 6.36. The Kier molecular flexibility index (Phi) is 4.13. The molecule has 1 aromatic rings. The van der Waals surface area contributed by atoms with Crippen molar-refractivity contribution in [2.24, 2.45) is 0 Å². The summed E-state index contributed by atoms with van der Waals surface area (Å²) in [5, 5.41) is 12.3. The van der Waals surface area contributed by atoms with Crippen molar-refractivity contribution in [2.45, 2.75) is 38.5 Å². The van der Waals surface area contributed by atoms with E-state index in [1.54, 1.807) is 11.8 Å². The summed E-state index contributed by atoms with van der Waals surface area (Å²) in [7, 11) is 0. The number of likely N-dealkylation sites (tertiary alicyclic amines) is 1. The molecule has 7 heteroatoms. The molecule has 0 aliphatic carbocycles. The van der Waals surface area contributed by atoms with Crippen LogP contribution < -0.4 is 0 Å². The van der Waals surface area contributed by atoms with E-state index in [0.717, 1.165) is 12.8 Å². The van der Waals surface area contributed by atoms with E-state index in [-0.39, 0.29) is 24.7 Å². The highest BCUT2D eigenvalue weighted by Gasteiger charge is 2.27. The number of carbonyl (C=O) groups excluding carboxylic acids is 1. The van der Waals surface area contributed by atoms with E-state index in [1.807, 2.05) is 0 Å². The van der Waals surface area contributed by atoms with Crippen LogP contribution in [0.5, 0.6) is 0 Å². The fourth-order valence-corrected chi connectivity index (χ4v) is 2.23. The lowest BCUT2D eigenvalue weighted by Gasteiger charge is -2.30. The zero-order valence-corrected chi connectivity index (χ0v) is 10.8. The van der Waals surface area contributed by atoms with Gasteiger partial charge in [-0.3, -0.25) is 9.59 Å². The van der Waals surface area contributed by atoms with Crippen LogP contribution in [0.1, 0.15) is 43.3 Å². The average Bonchev–Trinajstić information content (AvgIpc) is 2.83. The van der Waals surface area contributed by atoms with Crippen molar-refractivity contribution in [1.29, 1.82) is 0 Å². The molecule has 1 aliphatic rings. The third-order valence-electron chi connectivity index (χ3n) is 3.29. The van der Waals surface area contributed by atoms with Crippen LogP contribution in [0.3, 0.4) is 0 Å². The maximum atomic E-state index is 11.8. The van der Waals surface area contributed by atoms with Crippen molar-refractivity contribution < 1.29 is 19.2 Å². The Balaban J connectivity index is 1.82. The molecule has 0 saturated carbocycles. The van der Waals surface area contributed by atoms with Gasteiger partial charge in [-0.25, -0.2) is 0 Å². The van der Waals surface area contributed by atoms with Gasteiger partial charge in [0.15, 0.2) is 5.82 Å². The zero-order valence-electron chi connectivity index (χ0n) is 10.8. The van der Waals surface area contributed by atoms with Crippen molar-refractivity contribution >= 4 is 11.9 Å². The van der Waals surface area contributed by atoms with Crippen molar-refractivity contribution in [3.63, 3.8) is 0 Å². The van der Waals surface area contributed by atoms with Crippen molar-refractivity contribution in [3.8, 4) is 0 Å². The second-order valence-corrected chi connectivity index (χ2v) is 4.73. The molecule has 7 nitrogen and oxygen atoms in total. The number of aliphatic carboxylic acids is 1. The number of hydrogen-bond donors (Lipinski definition) is 1. The molecule has 1 amide bonds. The number of piperidine rings is 1. The number of nitrogens with zero attached hydrogens (tertiary/aromatic N) is 3. The topological polar surface area (TPSA) is 96.5 Å². The number of aromatic nitrogens is 2. The number of rotatable bonds is 4. The molecule has 1 aliphatic heterocycles. The summed E-state index contributed by atoms with van der Waals surface area (Å²) in [4.78, 5) is 28.1. The monoisotopic (exact) mass is 267 g/mol. The molecule has 0 bridgehead atoms. The summed E-state index contributed by atoms with van der Waals surface area (Å²) >= 11 is 0. The normalized spacial score (nSPS) is 16.6. The van der Waals surface area contributed by atoms with Gasteiger partial charge >= 0.3 is 5.97 Å². The van der Waals surface area contributed by atoms with Gasteiger partial charge < -0.3 is 14.5 Å². The molecule has 104 valence electrons. The third kappa shape index (κ3) is 3.52. The van der Waals surface area contributed by atoms with Gasteiger partial charge in [-0.15, -0.1) is 0 Å². The summed E-state index contributed by atoms with van der Waals surface area (Å²) in [6.07, 6.45) is 1.52. The highest BCUT2D eigenvalue weighted by molar-refractivity contribution is 5.80. The summed E-state index contributed by atoms with van der Waals surface area (Å²) in [6.45, 7) is 3.01. The Hall–Kier alpha value is -1.92. The van der Waals surface area contributed by atoms with E-state index >= 15 is 0 Å². The lowest BCUT2D eigenvalue weighted by Crippen LogP contribution is -2.38. The van der Waals surface area contributed by atoms with E-state index in [4.69, 9.17) is 9.63 Å². The molecule has 2 heterocycles. The predicted octanol–water partition coefficient (Wildman–Crippen LogP) is 0.949. The molecule has 0 unspecified atom stereocenters. The summed E-state index contributed by atoms with van der Waals surface area (Å²) < 4.78 is 5.14. The molecule has 1 aromatic heterocycles. The van der Waals surface area contributed by atoms with Crippen LogP contribution in [0.25, 0.3) is 0 Å². The Bertz CT molecular complexity index is 463. The maximum absolute atomic E-state index is 11.8. The van der Waals surface area contributed by atoms with Gasteiger partial charge in [0.2, 0.25) is 11.8 Å². The molecule has 1 N–H and O–H groups in total. The van der Waals surface area contributed by atoms with Gasteiger partial charge in [-0.2, -0.15) is 4.98 Å². The van der Waals surface area contributed by atoms with Gasteiger partial charge in [0.1, 0.15) is 0 Å². The van der Waals surface area contributed by atoms with E-state index in [9.17, 15) is 9.59 Å². The summed E-state index contributed by atoms with van der Waals surface area (Å²) in [5.41, 5.74) is 0. The zero-order chi connectivity index (χ0) is 13.8. The quantitative estimate of drug-likeness (QED) is 0.872. The number of carbonyl (C=O) groups is 2. The number of carboxylic acids is 1. The Morgan fingerprint density at radius 3 is 2.58 bits per heavy atom. The lowest BCUT2D eigenvalue weighted by atomic mass is 9.96. The fourth-order valence-electron chi connectivity index (χ4n) is 2.23. The highest BCUT2D eigenvalue weighted by Crippen LogP contribution is 2.26. The molecule has 2 rings (SSSR count). The van der Waals surface area contributed by atoms with Gasteiger partial charge in [0, 0.05) is 25.4 Å². The van der Waals surface area contributed by atoms with Crippen LogP contribution in [0.15, 0.2) is 4.52 Å². The first-order chi connectivity index (χ1) is 9.06. The van der Waals surface area contributed by atoms with E-state index in [1.165, 1.54) is 0 Å². The number of amides is 1. The van der Waals surface area contributed by atoms with Crippen LogP contribution in [-0.2, 0) is 9.59 Å². The minimum Gasteiger partial charge on any atom is -0.481 e. The lowest BCUT2D eigenvalue weighted by molar-refractivity contribution is -0.141. The highest BCUT2D eigenvalue weighted by atomic mass is 16.5. The van der Waals surface area contributed by atoms with Gasteiger partial charge in [0.05, 0.1) is 6.42 Å². The van der Waals surface area contributed by atoms with Crippen LogP contribution in [-0.4, -0.2) is 45.1 Å². The first kappa shape index (κ1) is 13.5. The Morgan fingerprint density at radius 2 is 2.05 bits per heavy atom. The average molecular weight is 267 g/mol. The van der Waals surface area contributed by atoms with Crippen molar-refractivity contribution in [1.82, 2.24) is 15.0 Å². The van der Waals surface area contributed by atoms with Crippen LogP contribution >= 0.6 is 0 Å².